The predicted molar refractivity (Wildman–Crippen MR) is 64.3 cm³/mol. The zero-order chi connectivity index (χ0) is 11.9. The van der Waals surface area contributed by atoms with E-state index in [2.05, 4.69) is 4.99 Å². The van der Waals surface area contributed by atoms with E-state index in [1.165, 1.54) is 11.8 Å². The van der Waals surface area contributed by atoms with Crippen molar-refractivity contribution in [2.24, 2.45) is 4.99 Å². The monoisotopic (exact) mass is 262 g/mol. The van der Waals surface area contributed by atoms with Crippen molar-refractivity contribution >= 4 is 32.7 Å². The van der Waals surface area contributed by atoms with Gasteiger partial charge in [0.15, 0.2) is 15.0 Å². The van der Waals surface area contributed by atoms with E-state index in [4.69, 9.17) is 0 Å². The first-order chi connectivity index (χ1) is 7.43. The van der Waals surface area contributed by atoms with Gasteiger partial charge in [0.2, 0.25) is 5.91 Å². The molecule has 2 aliphatic rings. The number of fused-ring (bicyclic) bond motifs is 1. The molecule has 0 aromatic heterocycles. The van der Waals surface area contributed by atoms with Crippen LogP contribution in [0.3, 0.4) is 0 Å². The first-order valence-electron chi connectivity index (χ1n) is 5.14. The van der Waals surface area contributed by atoms with E-state index in [-0.39, 0.29) is 28.7 Å². The molecule has 2 atom stereocenters. The van der Waals surface area contributed by atoms with Crippen LogP contribution in [-0.2, 0) is 14.6 Å². The lowest BCUT2D eigenvalue weighted by Gasteiger charge is -2.17. The zero-order valence-electron chi connectivity index (χ0n) is 9.21. The summed E-state index contributed by atoms with van der Waals surface area (Å²) in [6.45, 7) is 1.76. The molecule has 90 valence electrons. The van der Waals surface area contributed by atoms with Crippen LogP contribution in [-0.4, -0.2) is 54.2 Å². The van der Waals surface area contributed by atoms with Gasteiger partial charge in [-0.25, -0.2) is 8.42 Å². The number of hydrogen-bond acceptors (Lipinski definition) is 4. The van der Waals surface area contributed by atoms with E-state index >= 15 is 0 Å². The molecule has 0 aromatic carbocycles. The minimum Gasteiger partial charge on any atom is -0.349 e. The highest BCUT2D eigenvalue weighted by Gasteiger charge is 2.47. The third-order valence-electron chi connectivity index (χ3n) is 2.85. The Bertz CT molecular complexity index is 444. The Morgan fingerprint density at radius 1 is 1.56 bits per heavy atom. The van der Waals surface area contributed by atoms with Crippen molar-refractivity contribution in [3.8, 4) is 0 Å². The van der Waals surface area contributed by atoms with Crippen LogP contribution in [0.15, 0.2) is 4.99 Å². The number of carbonyl (C=O) groups is 1. The molecule has 16 heavy (non-hydrogen) atoms. The number of rotatable bonds is 1. The number of sulfone groups is 1. The normalized spacial score (nSPS) is 34.4. The van der Waals surface area contributed by atoms with Crippen molar-refractivity contribution < 1.29 is 13.2 Å². The van der Waals surface area contributed by atoms with Gasteiger partial charge in [0.05, 0.1) is 17.5 Å². The summed E-state index contributed by atoms with van der Waals surface area (Å²) in [5.74, 6) is 0.226. The van der Waals surface area contributed by atoms with Crippen LogP contribution in [0.4, 0.5) is 0 Å². The maximum Gasteiger partial charge on any atom is 0.247 e. The standard InChI is InChI=1S/C9H14N2O3S2/c1-3-8(12)10-9-11(2)6-4-16(13,14)5-7(6)15-9/h6-7H,3-5H2,1-2H3/t6-,7+/m0/s1. The molecule has 5 nitrogen and oxygen atoms in total. The van der Waals surface area contributed by atoms with Crippen molar-refractivity contribution in [3.05, 3.63) is 0 Å². The van der Waals surface area contributed by atoms with Crippen LogP contribution in [0.2, 0.25) is 0 Å². The quantitative estimate of drug-likeness (QED) is 0.671. The molecule has 2 saturated heterocycles. The number of amides is 1. The average molecular weight is 262 g/mol. The summed E-state index contributed by atoms with van der Waals surface area (Å²) in [6, 6.07) is -0.0154. The van der Waals surface area contributed by atoms with Gasteiger partial charge >= 0.3 is 0 Å². The highest BCUT2D eigenvalue weighted by atomic mass is 32.2. The zero-order valence-corrected chi connectivity index (χ0v) is 10.8. The van der Waals surface area contributed by atoms with Gasteiger partial charge < -0.3 is 4.90 Å². The first-order valence-corrected chi connectivity index (χ1v) is 7.84. The summed E-state index contributed by atoms with van der Waals surface area (Å²) in [5.41, 5.74) is 0. The highest BCUT2D eigenvalue weighted by molar-refractivity contribution is 8.15. The Hall–Kier alpha value is -0.560. The minimum atomic E-state index is -2.90. The van der Waals surface area contributed by atoms with Crippen molar-refractivity contribution in [2.45, 2.75) is 24.6 Å². The van der Waals surface area contributed by atoms with Crippen LogP contribution in [0, 0.1) is 0 Å². The molecule has 2 fully saturated rings. The van der Waals surface area contributed by atoms with Crippen molar-refractivity contribution in [3.63, 3.8) is 0 Å². The van der Waals surface area contributed by atoms with Crippen LogP contribution < -0.4 is 0 Å². The Morgan fingerprint density at radius 2 is 2.25 bits per heavy atom. The number of amidine groups is 1. The summed E-state index contributed by atoms with van der Waals surface area (Å²) in [5, 5.41) is 0.704. The maximum atomic E-state index is 11.4. The molecular formula is C9H14N2O3S2. The van der Waals surface area contributed by atoms with Crippen molar-refractivity contribution in [2.75, 3.05) is 18.6 Å². The molecule has 0 saturated carbocycles. The lowest BCUT2D eigenvalue weighted by atomic mass is 10.2. The van der Waals surface area contributed by atoms with E-state index < -0.39 is 9.84 Å². The topological polar surface area (TPSA) is 66.8 Å². The number of thioether (sulfide) groups is 1. The SMILES string of the molecule is CCC(=O)N=C1S[C@@H]2CS(=O)(=O)C[C@@H]2N1C. The van der Waals surface area contributed by atoms with Gasteiger partial charge in [0.25, 0.3) is 0 Å². The molecule has 1 amide bonds. The van der Waals surface area contributed by atoms with Crippen LogP contribution >= 0.6 is 11.8 Å². The lowest BCUT2D eigenvalue weighted by molar-refractivity contribution is -0.117. The molecule has 0 aromatic rings. The number of hydrogen-bond donors (Lipinski definition) is 0. The third kappa shape index (κ3) is 2.10. The summed E-state index contributed by atoms with van der Waals surface area (Å²) >= 11 is 1.41. The Kier molecular flexibility index (Phi) is 3.00. The fourth-order valence-corrected chi connectivity index (χ4v) is 5.94. The Morgan fingerprint density at radius 3 is 2.81 bits per heavy atom. The molecule has 2 aliphatic heterocycles. The smallest absolute Gasteiger partial charge is 0.247 e. The molecule has 0 N–H and O–H groups in total. The van der Waals surface area contributed by atoms with Crippen LogP contribution in [0.1, 0.15) is 13.3 Å². The molecule has 0 aliphatic carbocycles. The number of carbonyl (C=O) groups excluding carboxylic acids is 1. The second-order valence-corrected chi connectivity index (χ2v) is 7.41. The van der Waals surface area contributed by atoms with E-state index in [0.29, 0.717) is 11.6 Å². The molecule has 0 unspecified atom stereocenters. The van der Waals surface area contributed by atoms with E-state index in [9.17, 15) is 13.2 Å². The third-order valence-corrected chi connectivity index (χ3v) is 6.15. The molecule has 7 heteroatoms. The van der Waals surface area contributed by atoms with Gasteiger partial charge in [-0.3, -0.25) is 4.79 Å². The first kappa shape index (κ1) is 11.9. The largest absolute Gasteiger partial charge is 0.349 e. The van der Waals surface area contributed by atoms with Gasteiger partial charge in [-0.2, -0.15) is 4.99 Å². The summed E-state index contributed by atoms with van der Waals surface area (Å²) < 4.78 is 22.9. The lowest BCUT2D eigenvalue weighted by Crippen LogP contribution is -2.34. The predicted octanol–water partition coefficient (Wildman–Crippen LogP) is 0.123. The van der Waals surface area contributed by atoms with Gasteiger partial charge in [-0.1, -0.05) is 18.7 Å². The second kappa shape index (κ2) is 4.03. The fourth-order valence-electron chi connectivity index (χ4n) is 1.92. The van der Waals surface area contributed by atoms with Crippen molar-refractivity contribution in [1.29, 1.82) is 0 Å². The maximum absolute atomic E-state index is 11.4. The van der Waals surface area contributed by atoms with Crippen LogP contribution in [0.5, 0.6) is 0 Å². The van der Waals surface area contributed by atoms with Gasteiger partial charge in [-0.15, -0.1) is 0 Å². The van der Waals surface area contributed by atoms with Gasteiger partial charge in [0, 0.05) is 18.7 Å². The Labute approximate surface area is 99.2 Å². The van der Waals surface area contributed by atoms with Crippen molar-refractivity contribution in [1.82, 2.24) is 4.90 Å². The molecule has 0 radical (unpaired) electrons. The van der Waals surface area contributed by atoms with Gasteiger partial charge in [0.1, 0.15) is 0 Å². The summed E-state index contributed by atoms with van der Waals surface area (Å²) in [4.78, 5) is 17.0. The molecule has 2 rings (SSSR count). The molecule has 0 bridgehead atoms. The number of nitrogens with zero attached hydrogens (tertiary/aromatic N) is 2. The fraction of sp³-hybridized carbons (Fsp3) is 0.778. The summed E-state index contributed by atoms with van der Waals surface area (Å²) in [7, 11) is -1.09. The number of aliphatic imine (C=N–C) groups is 1. The average Bonchev–Trinajstić information content (AvgIpc) is 2.63. The Balaban J connectivity index is 2.17. The molecule has 2 heterocycles. The van der Waals surface area contributed by atoms with Gasteiger partial charge in [-0.05, 0) is 0 Å². The van der Waals surface area contributed by atoms with E-state index in [1.54, 1.807) is 14.0 Å². The summed E-state index contributed by atoms with van der Waals surface area (Å²) in [6.07, 6.45) is 0.380. The van der Waals surface area contributed by atoms with E-state index in [1.807, 2.05) is 4.90 Å². The molecular weight excluding hydrogens is 248 g/mol. The van der Waals surface area contributed by atoms with E-state index in [0.717, 1.165) is 0 Å². The molecule has 0 spiro atoms. The minimum absolute atomic E-state index is 0.0154. The van der Waals surface area contributed by atoms with Crippen LogP contribution in [0.25, 0.3) is 0 Å². The second-order valence-electron chi connectivity index (χ2n) is 4.05. The highest BCUT2D eigenvalue weighted by Crippen LogP contribution is 2.36.